The van der Waals surface area contributed by atoms with Gasteiger partial charge in [0, 0.05) is 19.2 Å². The SMILES string of the molecule is COc1ccc(CNC(CCO)C2CC2)c(Cl)c1OC. The summed E-state index contributed by atoms with van der Waals surface area (Å²) in [5.74, 6) is 1.90. The first-order chi connectivity index (χ1) is 9.71. The Kier molecular flexibility index (Phi) is 5.52. The lowest BCUT2D eigenvalue weighted by atomic mass is 10.1. The number of hydrogen-bond acceptors (Lipinski definition) is 4. The van der Waals surface area contributed by atoms with E-state index in [0.717, 1.165) is 12.0 Å². The standard InChI is InChI=1S/C15H22ClNO3/c1-19-13-6-5-11(14(16)15(13)20-2)9-17-12(7-8-18)10-3-4-10/h5-6,10,12,17-18H,3-4,7-9H2,1-2H3. The van der Waals surface area contributed by atoms with Crippen molar-refractivity contribution < 1.29 is 14.6 Å². The molecule has 0 aliphatic heterocycles. The quantitative estimate of drug-likeness (QED) is 0.775. The van der Waals surface area contributed by atoms with Crippen LogP contribution in [0.4, 0.5) is 0 Å². The monoisotopic (exact) mass is 299 g/mol. The lowest BCUT2D eigenvalue weighted by Gasteiger charge is -2.19. The van der Waals surface area contributed by atoms with Crippen LogP contribution in [-0.4, -0.2) is 32.0 Å². The van der Waals surface area contributed by atoms with Gasteiger partial charge in [0.25, 0.3) is 0 Å². The van der Waals surface area contributed by atoms with Gasteiger partial charge in [-0.3, -0.25) is 0 Å². The predicted molar refractivity (Wildman–Crippen MR) is 79.6 cm³/mol. The van der Waals surface area contributed by atoms with Gasteiger partial charge < -0.3 is 19.9 Å². The van der Waals surface area contributed by atoms with Crippen molar-refractivity contribution in [2.24, 2.45) is 5.92 Å². The van der Waals surface area contributed by atoms with Crippen LogP contribution in [0, 0.1) is 5.92 Å². The average Bonchev–Trinajstić information content (AvgIpc) is 3.28. The van der Waals surface area contributed by atoms with E-state index >= 15 is 0 Å². The van der Waals surface area contributed by atoms with Gasteiger partial charge in [-0.25, -0.2) is 0 Å². The summed E-state index contributed by atoms with van der Waals surface area (Å²) in [6.07, 6.45) is 3.28. The summed E-state index contributed by atoms with van der Waals surface area (Å²) in [7, 11) is 3.18. The summed E-state index contributed by atoms with van der Waals surface area (Å²) in [6.45, 7) is 0.883. The van der Waals surface area contributed by atoms with Crippen LogP contribution in [0.15, 0.2) is 12.1 Å². The van der Waals surface area contributed by atoms with Crippen molar-refractivity contribution in [2.45, 2.75) is 31.8 Å². The van der Waals surface area contributed by atoms with Crippen molar-refractivity contribution in [1.29, 1.82) is 0 Å². The molecule has 112 valence electrons. The molecule has 0 spiro atoms. The molecule has 1 aliphatic rings. The molecule has 0 radical (unpaired) electrons. The smallest absolute Gasteiger partial charge is 0.179 e. The largest absolute Gasteiger partial charge is 0.493 e. The number of rotatable bonds is 8. The van der Waals surface area contributed by atoms with E-state index < -0.39 is 0 Å². The van der Waals surface area contributed by atoms with Gasteiger partial charge in [-0.05, 0) is 36.8 Å². The molecule has 20 heavy (non-hydrogen) atoms. The highest BCUT2D eigenvalue weighted by atomic mass is 35.5. The zero-order chi connectivity index (χ0) is 14.5. The third-order valence-corrected chi connectivity index (χ3v) is 4.17. The van der Waals surface area contributed by atoms with Crippen LogP contribution in [0.1, 0.15) is 24.8 Å². The molecule has 0 saturated heterocycles. The van der Waals surface area contributed by atoms with E-state index in [9.17, 15) is 0 Å². The molecule has 2 rings (SSSR count). The molecule has 0 heterocycles. The lowest BCUT2D eigenvalue weighted by molar-refractivity contribution is 0.255. The van der Waals surface area contributed by atoms with Gasteiger partial charge >= 0.3 is 0 Å². The molecule has 1 aromatic carbocycles. The van der Waals surface area contributed by atoms with Crippen LogP contribution in [0.5, 0.6) is 11.5 Å². The number of halogens is 1. The first kappa shape index (κ1) is 15.4. The molecule has 1 aliphatic carbocycles. The van der Waals surface area contributed by atoms with E-state index in [0.29, 0.717) is 35.0 Å². The van der Waals surface area contributed by atoms with Gasteiger partial charge in [0.05, 0.1) is 19.2 Å². The number of aliphatic hydroxyl groups is 1. The van der Waals surface area contributed by atoms with E-state index in [-0.39, 0.29) is 6.61 Å². The minimum atomic E-state index is 0.216. The second-order valence-corrected chi connectivity index (χ2v) is 5.49. The molecular formula is C15H22ClNO3. The summed E-state index contributed by atoms with van der Waals surface area (Å²) in [5.41, 5.74) is 0.980. The topological polar surface area (TPSA) is 50.7 Å². The van der Waals surface area contributed by atoms with Gasteiger partial charge in [0.1, 0.15) is 0 Å². The molecule has 4 nitrogen and oxygen atoms in total. The maximum Gasteiger partial charge on any atom is 0.179 e. The summed E-state index contributed by atoms with van der Waals surface area (Å²) in [5, 5.41) is 13.2. The van der Waals surface area contributed by atoms with Crippen molar-refractivity contribution in [3.8, 4) is 11.5 Å². The van der Waals surface area contributed by atoms with Gasteiger partial charge in [-0.15, -0.1) is 0 Å². The minimum absolute atomic E-state index is 0.216. The Morgan fingerprint density at radius 1 is 1.35 bits per heavy atom. The van der Waals surface area contributed by atoms with E-state index in [4.69, 9.17) is 26.2 Å². The Labute approximate surface area is 125 Å². The molecule has 1 aromatic rings. The molecule has 1 atom stereocenters. The molecule has 0 amide bonds. The Hall–Kier alpha value is -0.970. The Morgan fingerprint density at radius 3 is 2.65 bits per heavy atom. The first-order valence-electron chi connectivity index (χ1n) is 6.94. The first-order valence-corrected chi connectivity index (χ1v) is 7.32. The van der Waals surface area contributed by atoms with Crippen molar-refractivity contribution in [3.63, 3.8) is 0 Å². The summed E-state index contributed by atoms with van der Waals surface area (Å²) in [4.78, 5) is 0. The van der Waals surface area contributed by atoms with Crippen LogP contribution in [0.25, 0.3) is 0 Å². The Bertz CT molecular complexity index is 449. The summed E-state index contributed by atoms with van der Waals surface area (Å²) < 4.78 is 10.5. The molecule has 1 saturated carbocycles. The molecule has 0 bridgehead atoms. The van der Waals surface area contributed by atoms with Crippen LogP contribution in [0.3, 0.4) is 0 Å². The molecular weight excluding hydrogens is 278 g/mol. The number of benzene rings is 1. The lowest BCUT2D eigenvalue weighted by Crippen LogP contribution is -2.31. The van der Waals surface area contributed by atoms with E-state index in [1.807, 2.05) is 12.1 Å². The minimum Gasteiger partial charge on any atom is -0.493 e. The van der Waals surface area contributed by atoms with Crippen molar-refractivity contribution >= 4 is 11.6 Å². The van der Waals surface area contributed by atoms with Gasteiger partial charge in [-0.2, -0.15) is 0 Å². The fourth-order valence-corrected chi connectivity index (χ4v) is 2.75. The Balaban J connectivity index is 2.05. The zero-order valence-electron chi connectivity index (χ0n) is 12.0. The summed E-state index contributed by atoms with van der Waals surface area (Å²) >= 11 is 6.35. The van der Waals surface area contributed by atoms with Gasteiger partial charge in [-0.1, -0.05) is 17.7 Å². The highest BCUT2D eigenvalue weighted by molar-refractivity contribution is 6.33. The van der Waals surface area contributed by atoms with Crippen LogP contribution >= 0.6 is 11.6 Å². The maximum absolute atomic E-state index is 9.11. The zero-order valence-corrected chi connectivity index (χ0v) is 12.7. The van der Waals surface area contributed by atoms with E-state index in [1.54, 1.807) is 14.2 Å². The number of ether oxygens (including phenoxy) is 2. The molecule has 0 aromatic heterocycles. The third-order valence-electron chi connectivity index (χ3n) is 3.75. The number of hydrogen-bond donors (Lipinski definition) is 2. The fraction of sp³-hybridized carbons (Fsp3) is 0.600. The van der Waals surface area contributed by atoms with Crippen molar-refractivity contribution in [2.75, 3.05) is 20.8 Å². The highest BCUT2D eigenvalue weighted by Gasteiger charge is 2.30. The number of aliphatic hydroxyl groups excluding tert-OH is 1. The molecule has 1 fully saturated rings. The van der Waals surface area contributed by atoms with Crippen LogP contribution in [0.2, 0.25) is 5.02 Å². The van der Waals surface area contributed by atoms with E-state index in [2.05, 4.69) is 5.32 Å². The van der Waals surface area contributed by atoms with E-state index in [1.165, 1.54) is 12.8 Å². The second-order valence-electron chi connectivity index (χ2n) is 5.11. The van der Waals surface area contributed by atoms with Gasteiger partial charge in [0.15, 0.2) is 11.5 Å². The maximum atomic E-state index is 9.11. The Morgan fingerprint density at radius 2 is 2.10 bits per heavy atom. The molecule has 2 N–H and O–H groups in total. The normalized spacial score (nSPS) is 16.0. The predicted octanol–water partition coefficient (Wildman–Crippen LogP) is 2.61. The molecule has 5 heteroatoms. The second kappa shape index (κ2) is 7.16. The number of nitrogens with one attached hydrogen (secondary N) is 1. The number of methoxy groups -OCH3 is 2. The van der Waals surface area contributed by atoms with Crippen molar-refractivity contribution in [3.05, 3.63) is 22.7 Å². The fourth-order valence-electron chi connectivity index (χ4n) is 2.45. The van der Waals surface area contributed by atoms with Crippen molar-refractivity contribution in [1.82, 2.24) is 5.32 Å². The van der Waals surface area contributed by atoms with Gasteiger partial charge in [0.2, 0.25) is 0 Å². The highest BCUT2D eigenvalue weighted by Crippen LogP contribution is 2.38. The molecule has 1 unspecified atom stereocenters. The van der Waals surface area contributed by atoms with Crippen LogP contribution < -0.4 is 14.8 Å². The average molecular weight is 300 g/mol. The van der Waals surface area contributed by atoms with Crippen LogP contribution in [-0.2, 0) is 6.54 Å². The third kappa shape index (κ3) is 3.57. The summed E-state index contributed by atoms with van der Waals surface area (Å²) in [6, 6.07) is 4.17.